The third-order valence-electron chi connectivity index (χ3n) is 3.43. The third kappa shape index (κ3) is 3.17. The van der Waals surface area contributed by atoms with Gasteiger partial charge in [-0.05, 0) is 30.7 Å². The first-order valence-electron chi connectivity index (χ1n) is 6.49. The van der Waals surface area contributed by atoms with Gasteiger partial charge in [-0.25, -0.2) is 13.5 Å². The average molecular weight is 339 g/mol. The van der Waals surface area contributed by atoms with Crippen LogP contribution in [0.5, 0.6) is 0 Å². The lowest BCUT2D eigenvalue weighted by molar-refractivity contribution is -0.142. The van der Waals surface area contributed by atoms with E-state index in [4.69, 9.17) is 0 Å². The maximum absolute atomic E-state index is 13.5. The predicted molar refractivity (Wildman–Crippen MR) is 81.9 cm³/mol. The largest absolute Gasteiger partial charge is 0.479 e. The number of carboxylic acid groups (broad SMARTS) is 1. The molecule has 0 saturated heterocycles. The Hall–Kier alpha value is -2.45. The van der Waals surface area contributed by atoms with Crippen LogP contribution in [0.15, 0.2) is 54.6 Å². The van der Waals surface area contributed by atoms with Crippen molar-refractivity contribution < 1.29 is 27.3 Å². The summed E-state index contributed by atoms with van der Waals surface area (Å²) in [7, 11) is -5.00. The minimum absolute atomic E-state index is 0.106. The maximum Gasteiger partial charge on any atom is 0.361 e. The van der Waals surface area contributed by atoms with Crippen LogP contribution in [-0.2, 0) is 20.6 Å². The van der Waals surface area contributed by atoms with Crippen molar-refractivity contribution in [3.05, 3.63) is 66.0 Å². The van der Waals surface area contributed by atoms with Crippen LogP contribution < -0.4 is 4.31 Å². The molecule has 0 amide bonds. The zero-order valence-electron chi connectivity index (χ0n) is 12.0. The van der Waals surface area contributed by atoms with Crippen LogP contribution in [0, 0.1) is 5.82 Å². The lowest BCUT2D eigenvalue weighted by Gasteiger charge is -2.36. The van der Waals surface area contributed by atoms with Gasteiger partial charge >= 0.3 is 16.3 Å². The number of hydrogen-bond donors (Lipinski definition) is 2. The Morgan fingerprint density at radius 2 is 1.74 bits per heavy atom. The second-order valence-corrected chi connectivity index (χ2v) is 6.23. The van der Waals surface area contributed by atoms with Crippen molar-refractivity contribution in [2.24, 2.45) is 0 Å². The molecular formula is C15H14FNO5S. The molecule has 0 saturated carbocycles. The van der Waals surface area contributed by atoms with E-state index in [1.807, 2.05) is 0 Å². The number of carboxylic acids is 1. The number of anilines is 1. The van der Waals surface area contributed by atoms with Gasteiger partial charge in [-0.2, -0.15) is 8.42 Å². The molecule has 1 atom stereocenters. The smallest absolute Gasteiger partial charge is 0.361 e. The molecule has 0 unspecified atom stereocenters. The van der Waals surface area contributed by atoms with Crippen molar-refractivity contribution in [3.63, 3.8) is 0 Å². The van der Waals surface area contributed by atoms with Crippen molar-refractivity contribution in [2.75, 3.05) is 4.31 Å². The summed E-state index contributed by atoms with van der Waals surface area (Å²) in [6.45, 7) is 1.11. The Morgan fingerprint density at radius 3 is 2.22 bits per heavy atom. The molecule has 6 nitrogen and oxygen atoms in total. The number of rotatable bonds is 5. The fraction of sp³-hybridized carbons (Fsp3) is 0.133. The molecule has 0 bridgehead atoms. The van der Waals surface area contributed by atoms with Crippen LogP contribution in [0.3, 0.4) is 0 Å². The summed E-state index contributed by atoms with van der Waals surface area (Å²) in [5.74, 6) is -2.29. The second kappa shape index (κ2) is 5.98. The monoisotopic (exact) mass is 339 g/mol. The van der Waals surface area contributed by atoms with Gasteiger partial charge < -0.3 is 5.11 Å². The average Bonchev–Trinajstić information content (AvgIpc) is 2.46. The molecule has 0 fully saturated rings. The second-order valence-electron chi connectivity index (χ2n) is 4.97. The molecule has 0 aliphatic carbocycles. The molecule has 23 heavy (non-hydrogen) atoms. The van der Waals surface area contributed by atoms with Gasteiger partial charge in [-0.3, -0.25) is 4.55 Å². The van der Waals surface area contributed by atoms with E-state index in [9.17, 15) is 27.3 Å². The first-order valence-corrected chi connectivity index (χ1v) is 7.89. The molecule has 2 rings (SSSR count). The van der Waals surface area contributed by atoms with Crippen molar-refractivity contribution in [2.45, 2.75) is 12.5 Å². The van der Waals surface area contributed by atoms with Gasteiger partial charge in [0.2, 0.25) is 0 Å². The Kier molecular flexibility index (Phi) is 4.39. The van der Waals surface area contributed by atoms with Crippen LogP contribution in [0.2, 0.25) is 0 Å². The van der Waals surface area contributed by atoms with Crippen LogP contribution in [0.25, 0.3) is 0 Å². The summed E-state index contributed by atoms with van der Waals surface area (Å²) in [6.07, 6.45) is 0. The Bertz CT molecular complexity index is 825. The van der Waals surface area contributed by atoms with Crippen LogP contribution in [-0.4, -0.2) is 24.0 Å². The first kappa shape index (κ1) is 16.9. The molecular weight excluding hydrogens is 325 g/mol. The van der Waals surface area contributed by atoms with Crippen molar-refractivity contribution >= 4 is 22.0 Å². The molecule has 2 aromatic carbocycles. The van der Waals surface area contributed by atoms with E-state index >= 15 is 0 Å². The van der Waals surface area contributed by atoms with Crippen LogP contribution in [0.4, 0.5) is 10.1 Å². The van der Waals surface area contributed by atoms with Gasteiger partial charge in [0, 0.05) is 0 Å². The van der Waals surface area contributed by atoms with E-state index in [1.54, 1.807) is 6.07 Å². The topological polar surface area (TPSA) is 94.9 Å². The summed E-state index contributed by atoms with van der Waals surface area (Å²) in [5, 5.41) is 9.64. The standard InChI is InChI=1S/C15H14FNO5S/c1-15(14(18)19,11-6-3-2-4-7-11)17(23(20,21)22)13-9-5-8-12(16)10-13/h2-10H,1H3,(H,18,19)(H,20,21,22)/t15-/m0/s1. The number of hydrogen-bond acceptors (Lipinski definition) is 3. The summed E-state index contributed by atoms with van der Waals surface area (Å²) in [5.41, 5.74) is -2.36. The molecule has 2 aromatic rings. The summed E-state index contributed by atoms with van der Waals surface area (Å²) >= 11 is 0. The van der Waals surface area contributed by atoms with Crippen LogP contribution in [0.1, 0.15) is 12.5 Å². The molecule has 0 heterocycles. The van der Waals surface area contributed by atoms with Crippen LogP contribution >= 0.6 is 0 Å². The third-order valence-corrected chi connectivity index (χ3v) is 4.47. The molecule has 122 valence electrons. The zero-order chi connectivity index (χ0) is 17.3. The van der Waals surface area contributed by atoms with E-state index in [1.165, 1.54) is 36.4 Å². The van der Waals surface area contributed by atoms with Gasteiger partial charge in [-0.15, -0.1) is 0 Å². The Balaban J connectivity index is 2.77. The molecule has 0 spiro atoms. The van der Waals surface area contributed by atoms with E-state index in [-0.39, 0.29) is 15.6 Å². The zero-order valence-corrected chi connectivity index (χ0v) is 12.9. The summed E-state index contributed by atoms with van der Waals surface area (Å²) < 4.78 is 47.0. The Morgan fingerprint density at radius 1 is 1.13 bits per heavy atom. The highest BCUT2D eigenvalue weighted by molar-refractivity contribution is 7.87. The summed E-state index contributed by atoms with van der Waals surface area (Å²) in [4.78, 5) is 11.9. The molecule has 0 radical (unpaired) electrons. The SMILES string of the molecule is C[C@@](C(=O)O)(c1ccccc1)N(c1cccc(F)c1)S(=O)(=O)O. The number of halogens is 1. The number of benzene rings is 2. The predicted octanol–water partition coefficient (Wildman–Crippen LogP) is 2.43. The van der Waals surface area contributed by atoms with E-state index in [2.05, 4.69) is 0 Å². The van der Waals surface area contributed by atoms with E-state index in [0.717, 1.165) is 19.1 Å². The van der Waals surface area contributed by atoms with Crippen molar-refractivity contribution in [1.82, 2.24) is 0 Å². The fourth-order valence-electron chi connectivity index (χ4n) is 2.31. The quantitative estimate of drug-likeness (QED) is 0.816. The Labute approximate surface area is 132 Å². The van der Waals surface area contributed by atoms with Gasteiger partial charge in [-0.1, -0.05) is 36.4 Å². The molecule has 0 aromatic heterocycles. The fourth-order valence-corrected chi connectivity index (χ4v) is 3.34. The number of nitrogens with zero attached hydrogens (tertiary/aromatic N) is 1. The van der Waals surface area contributed by atoms with Gasteiger partial charge in [0.15, 0.2) is 5.54 Å². The molecule has 0 aliphatic heterocycles. The first-order chi connectivity index (χ1) is 10.7. The molecule has 2 N–H and O–H groups in total. The van der Waals surface area contributed by atoms with Gasteiger partial charge in [0.05, 0.1) is 5.69 Å². The highest BCUT2D eigenvalue weighted by Crippen LogP contribution is 2.35. The maximum atomic E-state index is 13.5. The van der Waals surface area contributed by atoms with Gasteiger partial charge in [0.25, 0.3) is 0 Å². The molecule has 0 aliphatic rings. The lowest BCUT2D eigenvalue weighted by Crippen LogP contribution is -2.53. The number of aliphatic carboxylic acids is 1. The molecule has 8 heteroatoms. The highest BCUT2D eigenvalue weighted by Gasteiger charge is 2.47. The minimum Gasteiger partial charge on any atom is -0.479 e. The van der Waals surface area contributed by atoms with Crippen molar-refractivity contribution in [1.29, 1.82) is 0 Å². The lowest BCUT2D eigenvalue weighted by atomic mass is 9.91. The highest BCUT2D eigenvalue weighted by atomic mass is 32.2. The van der Waals surface area contributed by atoms with E-state index < -0.39 is 27.6 Å². The normalized spacial score (nSPS) is 14.0. The van der Waals surface area contributed by atoms with E-state index in [0.29, 0.717) is 0 Å². The minimum atomic E-state index is -5.00. The van der Waals surface area contributed by atoms with Gasteiger partial charge in [0.1, 0.15) is 5.82 Å². The summed E-state index contributed by atoms with van der Waals surface area (Å²) in [6, 6.07) is 11.8. The van der Waals surface area contributed by atoms with Crippen molar-refractivity contribution in [3.8, 4) is 0 Å². The number of carbonyl (C=O) groups is 1.